The molecule has 0 radical (unpaired) electrons. The van der Waals surface area contributed by atoms with Crippen LogP contribution in [0.3, 0.4) is 0 Å². The van der Waals surface area contributed by atoms with Crippen molar-refractivity contribution in [1.82, 2.24) is 5.43 Å². The van der Waals surface area contributed by atoms with E-state index in [1.54, 1.807) is 0 Å². The number of hydrogen-bond acceptors (Lipinski definition) is 7. The average Bonchev–Trinajstić information content (AvgIpc) is 2.61. The van der Waals surface area contributed by atoms with Crippen molar-refractivity contribution in [2.45, 2.75) is 13.0 Å². The number of benzene rings is 2. The Hall–Kier alpha value is -3.11. The Bertz CT molecular complexity index is 908. The second-order valence-corrected chi connectivity index (χ2v) is 6.01. The number of ether oxygens (including phenoxy) is 1. The lowest BCUT2D eigenvalue weighted by molar-refractivity contribution is -0.393. The van der Waals surface area contributed by atoms with Gasteiger partial charge in [0.15, 0.2) is 6.10 Å². The van der Waals surface area contributed by atoms with E-state index in [0.29, 0.717) is 5.02 Å². The number of nitrogens with zero attached hydrogens (tertiary/aromatic N) is 2. The number of nitro benzene ring substituents is 2. The second-order valence-electron chi connectivity index (χ2n) is 5.16. The standard InChI is InChI=1S/C15H12Cl2N4O6/c1-8(27-14-5-2-9(16)6-11(14)17)15(22)19-18-12-4-3-10(20(23)24)7-13(12)21(25)26/h2-8,18H,1H3,(H,19,22)/t8-/m1/s1. The van der Waals surface area contributed by atoms with Crippen LogP contribution in [0.1, 0.15) is 6.92 Å². The highest BCUT2D eigenvalue weighted by Crippen LogP contribution is 2.29. The molecular weight excluding hydrogens is 403 g/mol. The van der Waals surface area contributed by atoms with Crippen LogP contribution in [0.5, 0.6) is 5.75 Å². The highest BCUT2D eigenvalue weighted by Gasteiger charge is 2.21. The maximum atomic E-state index is 12.1. The minimum absolute atomic E-state index is 0.129. The number of hydrogen-bond donors (Lipinski definition) is 2. The first-order valence-electron chi connectivity index (χ1n) is 7.29. The summed E-state index contributed by atoms with van der Waals surface area (Å²) >= 11 is 11.7. The van der Waals surface area contributed by atoms with E-state index in [2.05, 4.69) is 10.9 Å². The number of anilines is 1. The van der Waals surface area contributed by atoms with E-state index in [1.807, 2.05) is 0 Å². The zero-order valence-electron chi connectivity index (χ0n) is 13.6. The third-order valence-electron chi connectivity index (χ3n) is 3.28. The number of rotatable bonds is 7. The van der Waals surface area contributed by atoms with Crippen molar-refractivity contribution in [3.05, 3.63) is 66.7 Å². The number of nitro groups is 2. The monoisotopic (exact) mass is 414 g/mol. The van der Waals surface area contributed by atoms with Gasteiger partial charge in [0, 0.05) is 11.1 Å². The van der Waals surface area contributed by atoms with E-state index in [-0.39, 0.29) is 16.5 Å². The third-order valence-corrected chi connectivity index (χ3v) is 3.81. The largest absolute Gasteiger partial charge is 0.479 e. The van der Waals surface area contributed by atoms with Gasteiger partial charge < -0.3 is 4.74 Å². The van der Waals surface area contributed by atoms with Crippen molar-refractivity contribution in [2.75, 3.05) is 5.43 Å². The first kappa shape index (κ1) is 20.2. The highest BCUT2D eigenvalue weighted by molar-refractivity contribution is 6.35. The van der Waals surface area contributed by atoms with Crippen LogP contribution in [0, 0.1) is 20.2 Å². The summed E-state index contributed by atoms with van der Waals surface area (Å²) in [4.78, 5) is 32.3. The van der Waals surface area contributed by atoms with Crippen molar-refractivity contribution in [3.8, 4) is 5.75 Å². The molecule has 2 N–H and O–H groups in total. The number of hydrazine groups is 1. The first-order chi connectivity index (χ1) is 12.7. The lowest BCUT2D eigenvalue weighted by Crippen LogP contribution is -2.39. The molecule has 0 aliphatic carbocycles. The number of nitrogens with one attached hydrogen (secondary N) is 2. The van der Waals surface area contributed by atoms with E-state index < -0.39 is 33.2 Å². The van der Waals surface area contributed by atoms with Crippen LogP contribution in [0.2, 0.25) is 10.0 Å². The second kappa shape index (κ2) is 8.52. The van der Waals surface area contributed by atoms with Crippen LogP contribution in [0.4, 0.5) is 17.1 Å². The van der Waals surface area contributed by atoms with Crippen molar-refractivity contribution in [1.29, 1.82) is 0 Å². The van der Waals surface area contributed by atoms with Crippen LogP contribution in [-0.2, 0) is 4.79 Å². The lowest BCUT2D eigenvalue weighted by Gasteiger charge is -2.16. The van der Waals surface area contributed by atoms with E-state index in [0.717, 1.165) is 18.2 Å². The average molecular weight is 415 g/mol. The molecule has 12 heteroatoms. The number of amides is 1. The van der Waals surface area contributed by atoms with Crippen molar-refractivity contribution >= 4 is 46.2 Å². The predicted molar refractivity (Wildman–Crippen MR) is 98.1 cm³/mol. The Morgan fingerprint density at radius 3 is 2.41 bits per heavy atom. The summed E-state index contributed by atoms with van der Waals surface area (Å²) < 4.78 is 5.41. The fourth-order valence-corrected chi connectivity index (χ4v) is 2.39. The topological polar surface area (TPSA) is 137 Å². The predicted octanol–water partition coefficient (Wildman–Crippen LogP) is 3.72. The summed E-state index contributed by atoms with van der Waals surface area (Å²) in [5.74, 6) is -0.432. The summed E-state index contributed by atoms with van der Waals surface area (Å²) in [5, 5.41) is 22.4. The molecule has 2 rings (SSSR count). The Morgan fingerprint density at radius 1 is 1.11 bits per heavy atom. The van der Waals surface area contributed by atoms with Gasteiger partial charge in [-0.2, -0.15) is 0 Å². The molecule has 10 nitrogen and oxygen atoms in total. The molecule has 0 spiro atoms. The van der Waals surface area contributed by atoms with Gasteiger partial charge in [-0.1, -0.05) is 23.2 Å². The maximum Gasteiger partial charge on any atom is 0.300 e. The molecule has 0 aliphatic heterocycles. The molecule has 0 fully saturated rings. The highest BCUT2D eigenvalue weighted by atomic mass is 35.5. The molecular formula is C15H12Cl2N4O6. The summed E-state index contributed by atoms with van der Waals surface area (Å²) in [6, 6.07) is 7.42. The summed E-state index contributed by atoms with van der Waals surface area (Å²) in [6.45, 7) is 1.44. The van der Waals surface area contributed by atoms with Crippen LogP contribution in [0.25, 0.3) is 0 Å². The molecule has 2 aromatic rings. The normalized spacial score (nSPS) is 11.4. The first-order valence-corrected chi connectivity index (χ1v) is 8.05. The molecule has 0 heterocycles. The minimum atomic E-state index is -1.01. The van der Waals surface area contributed by atoms with Crippen molar-refractivity contribution in [3.63, 3.8) is 0 Å². The Balaban J connectivity index is 2.06. The number of carbonyl (C=O) groups is 1. The number of non-ortho nitro benzene ring substituents is 1. The van der Waals surface area contributed by atoms with Crippen LogP contribution in [-0.4, -0.2) is 21.9 Å². The molecule has 0 aromatic heterocycles. The van der Waals surface area contributed by atoms with Crippen LogP contribution >= 0.6 is 23.2 Å². The zero-order chi connectivity index (χ0) is 20.1. The molecule has 1 atom stereocenters. The van der Waals surface area contributed by atoms with Gasteiger partial charge in [-0.3, -0.25) is 35.9 Å². The van der Waals surface area contributed by atoms with Gasteiger partial charge in [0.05, 0.1) is 20.9 Å². The van der Waals surface area contributed by atoms with Gasteiger partial charge in [-0.05, 0) is 31.2 Å². The molecule has 0 saturated carbocycles. The minimum Gasteiger partial charge on any atom is -0.479 e. The molecule has 0 bridgehead atoms. The summed E-state index contributed by atoms with van der Waals surface area (Å²) in [7, 11) is 0. The Morgan fingerprint density at radius 2 is 1.81 bits per heavy atom. The smallest absolute Gasteiger partial charge is 0.300 e. The van der Waals surface area contributed by atoms with E-state index in [1.165, 1.54) is 25.1 Å². The van der Waals surface area contributed by atoms with Gasteiger partial charge in [0.1, 0.15) is 11.4 Å². The molecule has 0 unspecified atom stereocenters. The quantitative estimate of drug-likeness (QED) is 0.519. The van der Waals surface area contributed by atoms with E-state index >= 15 is 0 Å². The van der Waals surface area contributed by atoms with E-state index in [9.17, 15) is 25.0 Å². The van der Waals surface area contributed by atoms with Crippen LogP contribution in [0.15, 0.2) is 36.4 Å². The maximum absolute atomic E-state index is 12.1. The lowest BCUT2D eigenvalue weighted by atomic mass is 10.2. The van der Waals surface area contributed by atoms with Crippen molar-refractivity contribution < 1.29 is 19.4 Å². The van der Waals surface area contributed by atoms with Gasteiger partial charge in [0.2, 0.25) is 0 Å². The van der Waals surface area contributed by atoms with E-state index in [4.69, 9.17) is 27.9 Å². The summed E-state index contributed by atoms with van der Waals surface area (Å²) in [5.41, 5.74) is 3.44. The van der Waals surface area contributed by atoms with Crippen LogP contribution < -0.4 is 15.6 Å². The third kappa shape index (κ3) is 5.19. The molecule has 0 aliphatic rings. The SMILES string of the molecule is C[C@@H](Oc1ccc(Cl)cc1Cl)C(=O)NNc1ccc([N+](=O)[O-])cc1[N+](=O)[O-]. The molecule has 0 saturated heterocycles. The van der Waals surface area contributed by atoms with Crippen molar-refractivity contribution in [2.24, 2.45) is 0 Å². The van der Waals surface area contributed by atoms with Gasteiger partial charge in [-0.25, -0.2) is 0 Å². The van der Waals surface area contributed by atoms with Gasteiger partial charge in [0.25, 0.3) is 11.6 Å². The number of halogens is 2. The fourth-order valence-electron chi connectivity index (χ4n) is 1.94. The molecule has 2 aromatic carbocycles. The Kier molecular flexibility index (Phi) is 6.37. The number of carbonyl (C=O) groups excluding carboxylic acids is 1. The van der Waals surface area contributed by atoms with Gasteiger partial charge >= 0.3 is 5.69 Å². The zero-order valence-corrected chi connectivity index (χ0v) is 15.2. The molecule has 142 valence electrons. The fraction of sp³-hybridized carbons (Fsp3) is 0.133. The molecule has 1 amide bonds. The molecule has 27 heavy (non-hydrogen) atoms. The van der Waals surface area contributed by atoms with Gasteiger partial charge in [-0.15, -0.1) is 0 Å². The summed E-state index contributed by atoms with van der Waals surface area (Å²) in [6.07, 6.45) is -1.01. The Labute approximate surface area is 162 Å².